The average Bonchev–Trinajstić information content (AvgIpc) is 2.49. The van der Waals surface area contributed by atoms with Gasteiger partial charge in [0.05, 0.1) is 5.75 Å². The molecule has 2 rings (SSSR count). The molecule has 2 heterocycles. The van der Waals surface area contributed by atoms with Gasteiger partial charge in [0.25, 0.3) is 5.56 Å². The summed E-state index contributed by atoms with van der Waals surface area (Å²) in [6.45, 7) is 3.90. The molecule has 3 N–H and O–H groups in total. The zero-order chi connectivity index (χ0) is 15.9. The number of carbonyl (C=O) groups is 1. The van der Waals surface area contributed by atoms with Gasteiger partial charge in [-0.05, 0) is 12.1 Å². The second-order valence-corrected chi connectivity index (χ2v) is 5.20. The number of nitrogen functional groups attached to an aromatic ring is 1. The molecule has 22 heavy (non-hydrogen) atoms. The second-order valence-electron chi connectivity index (χ2n) is 4.25. The topological polar surface area (TPSA) is 103 Å². The summed E-state index contributed by atoms with van der Waals surface area (Å²) in [5, 5.41) is 3.03. The fourth-order valence-corrected chi connectivity index (χ4v) is 2.48. The van der Waals surface area contributed by atoms with Gasteiger partial charge in [0.15, 0.2) is 5.16 Å². The van der Waals surface area contributed by atoms with E-state index in [-0.39, 0.29) is 23.0 Å². The van der Waals surface area contributed by atoms with Crippen molar-refractivity contribution in [3.63, 3.8) is 0 Å². The Kier molecular flexibility index (Phi) is 5.31. The number of hydrogen-bond acceptors (Lipinski definition) is 6. The maximum atomic E-state index is 11.9. The summed E-state index contributed by atoms with van der Waals surface area (Å²) in [5.41, 5.74) is 5.30. The van der Waals surface area contributed by atoms with Crippen LogP contribution in [-0.4, -0.2) is 26.2 Å². The molecular formula is C14H15N5O2S. The number of nitrogens with one attached hydrogen (secondary N) is 1. The number of carbonyl (C=O) groups excluding carboxylic acids is 1. The van der Waals surface area contributed by atoms with Gasteiger partial charge in [-0.15, -0.1) is 6.58 Å². The molecule has 0 saturated heterocycles. The van der Waals surface area contributed by atoms with Crippen molar-refractivity contribution in [3.8, 4) is 0 Å². The van der Waals surface area contributed by atoms with Gasteiger partial charge in [0.2, 0.25) is 5.91 Å². The van der Waals surface area contributed by atoms with Gasteiger partial charge in [-0.1, -0.05) is 23.9 Å². The van der Waals surface area contributed by atoms with E-state index in [4.69, 9.17) is 5.73 Å². The Bertz CT molecular complexity index is 730. The van der Waals surface area contributed by atoms with E-state index in [9.17, 15) is 9.59 Å². The number of amides is 1. The van der Waals surface area contributed by atoms with Crippen LogP contribution in [-0.2, 0) is 11.3 Å². The number of nitrogens with two attached hydrogens (primary N) is 1. The minimum absolute atomic E-state index is 0.0869. The van der Waals surface area contributed by atoms with Gasteiger partial charge < -0.3 is 11.1 Å². The smallest absolute Gasteiger partial charge is 0.256 e. The van der Waals surface area contributed by atoms with Crippen molar-refractivity contribution in [1.29, 1.82) is 0 Å². The van der Waals surface area contributed by atoms with Crippen LogP contribution in [0.25, 0.3) is 0 Å². The van der Waals surface area contributed by atoms with Crippen LogP contribution in [0.1, 0.15) is 0 Å². The molecule has 114 valence electrons. The molecule has 0 spiro atoms. The lowest BCUT2D eigenvalue weighted by atomic mass is 10.4. The summed E-state index contributed by atoms with van der Waals surface area (Å²) >= 11 is 1.13. The van der Waals surface area contributed by atoms with E-state index in [0.717, 1.165) is 11.8 Å². The highest BCUT2D eigenvalue weighted by molar-refractivity contribution is 7.99. The summed E-state index contributed by atoms with van der Waals surface area (Å²) in [7, 11) is 0. The Balaban J connectivity index is 2.06. The number of nitrogens with zero attached hydrogens (tertiary/aromatic N) is 3. The summed E-state index contributed by atoms with van der Waals surface area (Å²) in [4.78, 5) is 31.8. The van der Waals surface area contributed by atoms with E-state index in [1.54, 1.807) is 30.5 Å². The first-order valence-electron chi connectivity index (χ1n) is 6.42. The third-order valence-electron chi connectivity index (χ3n) is 2.57. The highest BCUT2D eigenvalue weighted by Gasteiger charge is 2.10. The Morgan fingerprint density at radius 1 is 1.50 bits per heavy atom. The molecule has 2 aromatic rings. The molecule has 8 heteroatoms. The highest BCUT2D eigenvalue weighted by atomic mass is 32.2. The fourth-order valence-electron chi connectivity index (χ4n) is 1.65. The summed E-state index contributed by atoms with van der Waals surface area (Å²) < 4.78 is 1.40. The third kappa shape index (κ3) is 4.19. The molecule has 0 saturated carbocycles. The van der Waals surface area contributed by atoms with Crippen molar-refractivity contribution in [2.45, 2.75) is 11.7 Å². The van der Waals surface area contributed by atoms with Crippen molar-refractivity contribution in [1.82, 2.24) is 14.5 Å². The lowest BCUT2D eigenvalue weighted by Crippen LogP contribution is -2.23. The predicted octanol–water partition coefficient (Wildman–Crippen LogP) is 1.14. The van der Waals surface area contributed by atoms with E-state index in [2.05, 4.69) is 21.9 Å². The first-order chi connectivity index (χ1) is 10.6. The van der Waals surface area contributed by atoms with Gasteiger partial charge in [-0.25, -0.2) is 9.97 Å². The molecule has 0 aliphatic carbocycles. The van der Waals surface area contributed by atoms with Crippen LogP contribution in [0.15, 0.2) is 53.1 Å². The first-order valence-corrected chi connectivity index (χ1v) is 7.40. The largest absolute Gasteiger partial charge is 0.383 e. The van der Waals surface area contributed by atoms with Crippen LogP contribution < -0.4 is 16.6 Å². The fraction of sp³-hybridized carbons (Fsp3) is 0.143. The van der Waals surface area contributed by atoms with Crippen molar-refractivity contribution in [2.75, 3.05) is 16.8 Å². The highest BCUT2D eigenvalue weighted by Crippen LogP contribution is 2.15. The predicted molar refractivity (Wildman–Crippen MR) is 86.7 cm³/mol. The molecule has 2 aromatic heterocycles. The Labute approximate surface area is 131 Å². The number of aromatic nitrogens is 3. The molecule has 0 aliphatic heterocycles. The molecule has 0 atom stereocenters. The second kappa shape index (κ2) is 7.41. The summed E-state index contributed by atoms with van der Waals surface area (Å²) in [6.07, 6.45) is 3.17. The Hall–Kier alpha value is -2.61. The molecule has 0 fully saturated rings. The zero-order valence-electron chi connectivity index (χ0n) is 11.7. The lowest BCUT2D eigenvalue weighted by molar-refractivity contribution is -0.113. The monoisotopic (exact) mass is 317 g/mol. The Morgan fingerprint density at radius 2 is 2.32 bits per heavy atom. The Morgan fingerprint density at radius 3 is 3.00 bits per heavy atom. The average molecular weight is 317 g/mol. The van der Waals surface area contributed by atoms with E-state index < -0.39 is 0 Å². The summed E-state index contributed by atoms with van der Waals surface area (Å²) in [6, 6.07) is 6.46. The minimum atomic E-state index is -0.278. The molecule has 0 radical (unpaired) electrons. The normalized spacial score (nSPS) is 10.2. The first kappa shape index (κ1) is 15.8. The van der Waals surface area contributed by atoms with Crippen molar-refractivity contribution in [3.05, 3.63) is 53.5 Å². The van der Waals surface area contributed by atoms with Crippen molar-refractivity contribution < 1.29 is 4.79 Å². The number of hydrogen-bond donors (Lipinski definition) is 2. The maximum Gasteiger partial charge on any atom is 0.256 e. The van der Waals surface area contributed by atoms with Crippen LogP contribution >= 0.6 is 11.8 Å². The molecule has 0 unspecified atom stereocenters. The van der Waals surface area contributed by atoms with Crippen LogP contribution in [0.3, 0.4) is 0 Å². The quantitative estimate of drug-likeness (QED) is 0.470. The maximum absolute atomic E-state index is 11.9. The third-order valence-corrected chi connectivity index (χ3v) is 3.55. The van der Waals surface area contributed by atoms with Gasteiger partial charge in [-0.2, -0.15) is 0 Å². The summed E-state index contributed by atoms with van der Waals surface area (Å²) in [5.74, 6) is 0.435. The molecular weight excluding hydrogens is 302 g/mol. The van der Waals surface area contributed by atoms with Crippen molar-refractivity contribution >= 4 is 29.3 Å². The van der Waals surface area contributed by atoms with Gasteiger partial charge in [0.1, 0.15) is 11.6 Å². The van der Waals surface area contributed by atoms with E-state index >= 15 is 0 Å². The minimum Gasteiger partial charge on any atom is -0.383 e. The number of allylic oxidation sites excluding steroid dienone is 1. The number of thioether (sulfide) groups is 1. The molecule has 0 aliphatic rings. The van der Waals surface area contributed by atoms with Crippen LogP contribution in [0.4, 0.5) is 11.6 Å². The van der Waals surface area contributed by atoms with Crippen LogP contribution in [0, 0.1) is 0 Å². The van der Waals surface area contributed by atoms with E-state index in [0.29, 0.717) is 17.5 Å². The molecule has 0 bridgehead atoms. The standard InChI is InChI=1S/C14H15N5O2S/c1-2-7-19-13(21)8-10(15)17-14(19)22-9-12(20)18-11-5-3-4-6-16-11/h2-6,8H,1,7,9,15H2,(H,16,18,20). The van der Waals surface area contributed by atoms with Gasteiger partial charge >= 0.3 is 0 Å². The lowest BCUT2D eigenvalue weighted by Gasteiger charge is -2.10. The van der Waals surface area contributed by atoms with E-state index in [1.807, 2.05) is 0 Å². The zero-order valence-corrected chi connectivity index (χ0v) is 12.5. The molecule has 0 aromatic carbocycles. The van der Waals surface area contributed by atoms with Gasteiger partial charge in [-0.3, -0.25) is 14.2 Å². The van der Waals surface area contributed by atoms with Crippen LogP contribution in [0.2, 0.25) is 0 Å². The number of pyridine rings is 1. The number of anilines is 2. The number of rotatable bonds is 6. The van der Waals surface area contributed by atoms with Crippen LogP contribution in [0.5, 0.6) is 0 Å². The van der Waals surface area contributed by atoms with Gasteiger partial charge in [0, 0.05) is 18.8 Å². The van der Waals surface area contributed by atoms with Crippen molar-refractivity contribution in [2.24, 2.45) is 0 Å². The van der Waals surface area contributed by atoms with E-state index in [1.165, 1.54) is 10.6 Å². The molecule has 7 nitrogen and oxygen atoms in total. The molecule has 1 amide bonds. The SMILES string of the molecule is C=CCn1c(SCC(=O)Nc2ccccn2)nc(N)cc1=O.